The van der Waals surface area contributed by atoms with Gasteiger partial charge in [0.15, 0.2) is 5.78 Å². The monoisotopic (exact) mass is 283 g/mol. The molecule has 1 aromatic rings. The van der Waals surface area contributed by atoms with E-state index in [1.165, 1.54) is 0 Å². The first kappa shape index (κ1) is 13.6. The number of nitrogens with zero attached hydrogens (tertiary/aromatic N) is 1. The Bertz CT molecular complexity index is 497. The fraction of sp³-hybridized carbons (Fsp3) is 0.357. The van der Waals surface area contributed by atoms with Crippen molar-refractivity contribution in [3.63, 3.8) is 0 Å². The molecular formula is C14H15Cl2NO. The van der Waals surface area contributed by atoms with Gasteiger partial charge in [-0.2, -0.15) is 0 Å². The fourth-order valence-electron chi connectivity index (χ4n) is 2.03. The van der Waals surface area contributed by atoms with Crippen LogP contribution in [0.1, 0.15) is 18.9 Å². The zero-order valence-corrected chi connectivity index (χ0v) is 11.8. The van der Waals surface area contributed by atoms with Crippen molar-refractivity contribution in [2.75, 3.05) is 19.6 Å². The molecule has 1 aromatic carbocycles. The van der Waals surface area contributed by atoms with Crippen molar-refractivity contribution in [2.24, 2.45) is 0 Å². The highest BCUT2D eigenvalue weighted by Crippen LogP contribution is 2.24. The minimum atomic E-state index is 0.214. The maximum Gasteiger partial charge on any atom is 0.161 e. The predicted octanol–water partition coefficient (Wildman–Crippen LogP) is 3.67. The van der Waals surface area contributed by atoms with Crippen LogP contribution < -0.4 is 0 Å². The molecule has 0 N–H and O–H groups in total. The molecule has 1 fully saturated rings. The maximum absolute atomic E-state index is 11.9. The van der Waals surface area contributed by atoms with Crippen molar-refractivity contribution >= 4 is 35.1 Å². The van der Waals surface area contributed by atoms with Crippen LogP contribution in [0.2, 0.25) is 10.0 Å². The number of likely N-dealkylation sites (N-methyl/N-ethyl adjacent to an activating group) is 1. The summed E-state index contributed by atoms with van der Waals surface area (Å²) in [5.41, 5.74) is 1.68. The van der Waals surface area contributed by atoms with Crippen LogP contribution in [0.3, 0.4) is 0 Å². The van der Waals surface area contributed by atoms with E-state index >= 15 is 0 Å². The molecule has 0 atom stereocenters. The Labute approximate surface area is 117 Å². The van der Waals surface area contributed by atoms with Gasteiger partial charge < -0.3 is 0 Å². The molecule has 0 aromatic heterocycles. The van der Waals surface area contributed by atoms with E-state index in [-0.39, 0.29) is 5.78 Å². The summed E-state index contributed by atoms with van der Waals surface area (Å²) in [5, 5.41) is 1.18. The van der Waals surface area contributed by atoms with Gasteiger partial charge in [-0.1, -0.05) is 36.2 Å². The van der Waals surface area contributed by atoms with Crippen LogP contribution in [0.5, 0.6) is 0 Å². The lowest BCUT2D eigenvalue weighted by molar-refractivity contribution is -0.117. The second-order valence-corrected chi connectivity index (χ2v) is 5.22. The minimum absolute atomic E-state index is 0.214. The zero-order chi connectivity index (χ0) is 13.1. The average molecular weight is 284 g/mol. The van der Waals surface area contributed by atoms with Crippen molar-refractivity contribution in [3.05, 3.63) is 39.4 Å². The van der Waals surface area contributed by atoms with Crippen molar-refractivity contribution in [1.29, 1.82) is 0 Å². The Hall–Kier alpha value is -0.830. The highest BCUT2D eigenvalue weighted by Gasteiger charge is 2.20. The minimum Gasteiger partial charge on any atom is -0.299 e. The first-order valence-electron chi connectivity index (χ1n) is 6.01. The van der Waals surface area contributed by atoms with E-state index in [4.69, 9.17) is 23.2 Å². The van der Waals surface area contributed by atoms with Crippen molar-refractivity contribution in [1.82, 2.24) is 4.90 Å². The Balaban J connectivity index is 2.27. The zero-order valence-electron chi connectivity index (χ0n) is 10.2. The Kier molecular flexibility index (Phi) is 4.44. The summed E-state index contributed by atoms with van der Waals surface area (Å²) < 4.78 is 0. The maximum atomic E-state index is 11.9. The van der Waals surface area contributed by atoms with Gasteiger partial charge in [0.05, 0.1) is 0 Å². The van der Waals surface area contributed by atoms with Gasteiger partial charge >= 0.3 is 0 Å². The molecule has 1 saturated heterocycles. The van der Waals surface area contributed by atoms with Crippen LogP contribution in [0.4, 0.5) is 0 Å². The quantitative estimate of drug-likeness (QED) is 0.772. The molecule has 18 heavy (non-hydrogen) atoms. The second kappa shape index (κ2) is 5.87. The number of halogens is 2. The summed E-state index contributed by atoms with van der Waals surface area (Å²) in [6.45, 7) is 4.61. The van der Waals surface area contributed by atoms with Crippen LogP contribution in [-0.2, 0) is 4.79 Å². The van der Waals surface area contributed by atoms with E-state index in [0.717, 1.165) is 24.2 Å². The summed E-state index contributed by atoms with van der Waals surface area (Å²) in [4.78, 5) is 14.1. The topological polar surface area (TPSA) is 20.3 Å². The van der Waals surface area contributed by atoms with Crippen molar-refractivity contribution in [3.8, 4) is 0 Å². The van der Waals surface area contributed by atoms with E-state index in [0.29, 0.717) is 23.0 Å². The van der Waals surface area contributed by atoms with Gasteiger partial charge in [-0.25, -0.2) is 0 Å². The number of hydrogen-bond acceptors (Lipinski definition) is 2. The van der Waals surface area contributed by atoms with Gasteiger partial charge in [-0.05, 0) is 30.3 Å². The number of rotatable bonds is 2. The number of carbonyl (C=O) groups is 1. The number of ketones is 1. The first-order chi connectivity index (χ1) is 8.60. The molecule has 0 spiro atoms. The number of piperidine rings is 1. The van der Waals surface area contributed by atoms with Gasteiger partial charge in [0.2, 0.25) is 0 Å². The Morgan fingerprint density at radius 2 is 2.17 bits per heavy atom. The van der Waals surface area contributed by atoms with E-state index < -0.39 is 0 Å². The van der Waals surface area contributed by atoms with E-state index in [9.17, 15) is 4.79 Å². The molecule has 1 heterocycles. The molecule has 2 nitrogen and oxygen atoms in total. The molecule has 1 aliphatic rings. The molecule has 0 amide bonds. The normalized spacial score (nSPS) is 19.5. The van der Waals surface area contributed by atoms with Gasteiger partial charge in [-0.15, -0.1) is 0 Å². The lowest BCUT2D eigenvalue weighted by atomic mass is 10.0. The molecule has 96 valence electrons. The van der Waals surface area contributed by atoms with E-state index in [1.54, 1.807) is 12.1 Å². The number of benzene rings is 1. The molecular weight excluding hydrogens is 269 g/mol. The SMILES string of the molecule is CCN1CCC(=O)/C(=C/c2ccc(Cl)cc2Cl)C1. The number of hydrogen-bond donors (Lipinski definition) is 0. The van der Waals surface area contributed by atoms with Gasteiger partial charge in [-0.3, -0.25) is 9.69 Å². The highest BCUT2D eigenvalue weighted by molar-refractivity contribution is 6.35. The lowest BCUT2D eigenvalue weighted by Crippen LogP contribution is -2.35. The molecule has 0 unspecified atom stereocenters. The van der Waals surface area contributed by atoms with E-state index in [2.05, 4.69) is 11.8 Å². The second-order valence-electron chi connectivity index (χ2n) is 4.38. The summed E-state index contributed by atoms with van der Waals surface area (Å²) in [5.74, 6) is 0.214. The summed E-state index contributed by atoms with van der Waals surface area (Å²) in [6, 6.07) is 5.32. The summed E-state index contributed by atoms with van der Waals surface area (Å²) in [6.07, 6.45) is 2.47. The standard InChI is InChI=1S/C14H15Cl2NO/c1-2-17-6-5-14(18)11(9-17)7-10-3-4-12(15)8-13(10)16/h3-4,7-8H,2,5-6,9H2,1H3/b11-7+. The molecule has 0 saturated carbocycles. The molecule has 0 aliphatic carbocycles. The smallest absolute Gasteiger partial charge is 0.161 e. The van der Waals surface area contributed by atoms with Crippen LogP contribution in [-0.4, -0.2) is 30.3 Å². The van der Waals surface area contributed by atoms with Crippen LogP contribution in [0, 0.1) is 0 Å². The summed E-state index contributed by atoms with van der Waals surface area (Å²) >= 11 is 12.0. The Morgan fingerprint density at radius 1 is 1.39 bits per heavy atom. The average Bonchev–Trinajstić information content (AvgIpc) is 2.35. The number of carbonyl (C=O) groups excluding carboxylic acids is 1. The van der Waals surface area contributed by atoms with Crippen LogP contribution >= 0.6 is 23.2 Å². The van der Waals surface area contributed by atoms with Crippen molar-refractivity contribution < 1.29 is 4.79 Å². The molecule has 2 rings (SSSR count). The Morgan fingerprint density at radius 3 is 2.83 bits per heavy atom. The van der Waals surface area contributed by atoms with Crippen LogP contribution in [0.25, 0.3) is 6.08 Å². The third kappa shape index (κ3) is 3.14. The third-order valence-corrected chi connectivity index (χ3v) is 3.71. The molecule has 0 bridgehead atoms. The third-order valence-electron chi connectivity index (χ3n) is 3.15. The van der Waals surface area contributed by atoms with Gasteiger partial charge in [0, 0.05) is 35.1 Å². The fourth-order valence-corrected chi connectivity index (χ4v) is 2.49. The molecule has 4 heteroatoms. The largest absolute Gasteiger partial charge is 0.299 e. The van der Waals surface area contributed by atoms with Gasteiger partial charge in [0.1, 0.15) is 0 Å². The van der Waals surface area contributed by atoms with Crippen molar-refractivity contribution in [2.45, 2.75) is 13.3 Å². The first-order valence-corrected chi connectivity index (χ1v) is 6.77. The molecule has 0 radical (unpaired) electrons. The lowest BCUT2D eigenvalue weighted by Gasteiger charge is -2.26. The predicted molar refractivity (Wildman–Crippen MR) is 76.2 cm³/mol. The highest BCUT2D eigenvalue weighted by atomic mass is 35.5. The van der Waals surface area contributed by atoms with Gasteiger partial charge in [0.25, 0.3) is 0 Å². The number of likely N-dealkylation sites (tertiary alicyclic amines) is 1. The van der Waals surface area contributed by atoms with E-state index in [1.807, 2.05) is 12.1 Å². The molecule has 1 aliphatic heterocycles. The summed E-state index contributed by atoms with van der Waals surface area (Å²) in [7, 11) is 0. The van der Waals surface area contributed by atoms with Crippen LogP contribution in [0.15, 0.2) is 23.8 Å². The number of Topliss-reactive ketones (excluding diaryl/α,β-unsaturated/α-hetero) is 1.